The summed E-state index contributed by atoms with van der Waals surface area (Å²) >= 11 is 5.65. The van der Waals surface area contributed by atoms with Crippen molar-refractivity contribution >= 4 is 11.6 Å². The van der Waals surface area contributed by atoms with Gasteiger partial charge in [-0.2, -0.15) is 0 Å². The second kappa shape index (κ2) is 3.63. The molecule has 64 valence electrons. The first-order valence-electron chi connectivity index (χ1n) is 4.18. The van der Waals surface area contributed by atoms with Gasteiger partial charge >= 0.3 is 0 Å². The second-order valence-electron chi connectivity index (χ2n) is 2.85. The molecule has 0 radical (unpaired) electrons. The summed E-state index contributed by atoms with van der Waals surface area (Å²) in [5.74, 6) is 0. The molecule has 0 spiro atoms. The standard InChI is InChI=1S/C6H3Cl.C6H6/c7-6-2-1-4-3-5(4)6;1-2-4-6-5-3-1/h1-3H;1-6H. The minimum absolute atomic E-state index is 0.898. The van der Waals surface area contributed by atoms with Gasteiger partial charge in [-0.25, -0.2) is 0 Å². The van der Waals surface area contributed by atoms with Crippen molar-refractivity contribution in [2.45, 2.75) is 0 Å². The molecule has 0 aliphatic heterocycles. The van der Waals surface area contributed by atoms with Crippen LogP contribution in [-0.2, 0) is 0 Å². The Balaban J connectivity index is 0.000000102. The molecule has 0 N–H and O–H groups in total. The third kappa shape index (κ3) is 2.10. The average molecular weight is 189 g/mol. The SMILES string of the molecule is Clc1ccc2cc1-2.c1ccccc1. The maximum atomic E-state index is 5.65. The van der Waals surface area contributed by atoms with Crippen LogP contribution in [0, 0.1) is 0 Å². The third-order valence-corrected chi connectivity index (χ3v) is 2.19. The van der Waals surface area contributed by atoms with E-state index in [2.05, 4.69) is 6.07 Å². The molecule has 0 bridgehead atoms. The number of hydrogen-bond donors (Lipinski definition) is 0. The zero-order valence-electron chi connectivity index (χ0n) is 7.07. The van der Waals surface area contributed by atoms with Gasteiger partial charge in [0.05, 0.1) is 0 Å². The summed E-state index contributed by atoms with van der Waals surface area (Å²) < 4.78 is 0. The normalized spacial score (nSPS) is 9.92. The van der Waals surface area contributed by atoms with Crippen LogP contribution in [0.2, 0.25) is 5.02 Å². The lowest BCUT2D eigenvalue weighted by Crippen LogP contribution is -1.47. The molecule has 0 saturated carbocycles. The zero-order valence-corrected chi connectivity index (χ0v) is 7.83. The predicted molar refractivity (Wildman–Crippen MR) is 56.9 cm³/mol. The Kier molecular flexibility index (Phi) is 2.33. The van der Waals surface area contributed by atoms with Crippen LogP contribution in [-0.4, -0.2) is 0 Å². The van der Waals surface area contributed by atoms with E-state index < -0.39 is 0 Å². The van der Waals surface area contributed by atoms with Crippen LogP contribution in [0.4, 0.5) is 0 Å². The highest BCUT2D eigenvalue weighted by atomic mass is 35.5. The fourth-order valence-electron chi connectivity index (χ4n) is 1.10. The molecule has 0 amide bonds. The van der Waals surface area contributed by atoms with Crippen LogP contribution in [0.1, 0.15) is 0 Å². The number of rotatable bonds is 0. The quantitative estimate of drug-likeness (QED) is 0.500. The van der Waals surface area contributed by atoms with Crippen molar-refractivity contribution in [3.63, 3.8) is 0 Å². The van der Waals surface area contributed by atoms with Gasteiger partial charge in [0.2, 0.25) is 0 Å². The fraction of sp³-hybridized carbons (Fsp3) is 0. The number of halogens is 1. The lowest BCUT2D eigenvalue weighted by atomic mass is 10.4. The highest BCUT2D eigenvalue weighted by Gasteiger charge is 2.14. The Bertz CT molecular complexity index is 366. The highest BCUT2D eigenvalue weighted by molar-refractivity contribution is 6.35. The molecule has 1 aromatic carbocycles. The van der Waals surface area contributed by atoms with Crippen LogP contribution in [0.25, 0.3) is 11.1 Å². The van der Waals surface area contributed by atoms with Crippen molar-refractivity contribution in [3.05, 3.63) is 59.6 Å². The summed E-state index contributed by atoms with van der Waals surface area (Å²) in [5, 5.41) is 0.898. The predicted octanol–water partition coefficient (Wildman–Crippen LogP) is 4.01. The van der Waals surface area contributed by atoms with E-state index in [0.717, 1.165) is 5.02 Å². The molecule has 2 aliphatic rings. The monoisotopic (exact) mass is 188 g/mol. The Hall–Kier alpha value is -1.27. The Morgan fingerprint density at radius 3 is 1.46 bits per heavy atom. The van der Waals surface area contributed by atoms with E-state index in [-0.39, 0.29) is 0 Å². The average Bonchev–Trinajstić information content (AvgIpc) is 2.91. The van der Waals surface area contributed by atoms with Crippen molar-refractivity contribution in [1.82, 2.24) is 0 Å². The molecule has 0 saturated heterocycles. The largest absolute Gasteiger partial charge is 0.0837 e. The van der Waals surface area contributed by atoms with E-state index in [1.165, 1.54) is 11.1 Å². The molecule has 1 heteroatoms. The number of benzene rings is 2. The Morgan fingerprint density at radius 1 is 0.769 bits per heavy atom. The highest BCUT2D eigenvalue weighted by Crippen LogP contribution is 2.40. The topological polar surface area (TPSA) is 0 Å². The van der Waals surface area contributed by atoms with E-state index in [1.807, 2.05) is 48.5 Å². The van der Waals surface area contributed by atoms with Crippen LogP contribution in [0.3, 0.4) is 0 Å². The third-order valence-electron chi connectivity index (χ3n) is 1.86. The van der Waals surface area contributed by atoms with Crippen molar-refractivity contribution in [1.29, 1.82) is 0 Å². The van der Waals surface area contributed by atoms with Crippen LogP contribution in [0.5, 0.6) is 0 Å². The molecule has 1 aromatic rings. The zero-order chi connectivity index (χ0) is 9.10. The smallest absolute Gasteiger partial charge is 0.0484 e. The van der Waals surface area contributed by atoms with Gasteiger partial charge < -0.3 is 0 Å². The molecule has 0 heterocycles. The minimum Gasteiger partial charge on any atom is -0.0837 e. The molecule has 0 aromatic heterocycles. The van der Waals surface area contributed by atoms with E-state index in [0.29, 0.717) is 0 Å². The summed E-state index contributed by atoms with van der Waals surface area (Å²) in [6, 6.07) is 18.0. The van der Waals surface area contributed by atoms with Gasteiger partial charge in [-0.3, -0.25) is 0 Å². The summed E-state index contributed by atoms with van der Waals surface area (Å²) in [7, 11) is 0. The van der Waals surface area contributed by atoms with Crippen molar-refractivity contribution in [2.24, 2.45) is 0 Å². The van der Waals surface area contributed by atoms with Gasteiger partial charge in [0, 0.05) is 10.6 Å². The summed E-state index contributed by atoms with van der Waals surface area (Å²) in [6.07, 6.45) is 0. The van der Waals surface area contributed by atoms with Crippen LogP contribution >= 0.6 is 11.6 Å². The number of hydrogen-bond acceptors (Lipinski definition) is 0. The molecule has 0 atom stereocenters. The summed E-state index contributed by atoms with van der Waals surface area (Å²) in [5.41, 5.74) is 2.55. The van der Waals surface area contributed by atoms with Crippen LogP contribution < -0.4 is 0 Å². The van der Waals surface area contributed by atoms with Gasteiger partial charge in [-0.15, -0.1) is 0 Å². The summed E-state index contributed by atoms with van der Waals surface area (Å²) in [4.78, 5) is 0. The van der Waals surface area contributed by atoms with Crippen molar-refractivity contribution < 1.29 is 0 Å². The molecule has 2 aliphatic carbocycles. The summed E-state index contributed by atoms with van der Waals surface area (Å²) in [6.45, 7) is 0. The van der Waals surface area contributed by atoms with Crippen LogP contribution in [0.15, 0.2) is 54.6 Å². The van der Waals surface area contributed by atoms with Gasteiger partial charge in [-0.1, -0.05) is 54.1 Å². The van der Waals surface area contributed by atoms with E-state index in [4.69, 9.17) is 11.6 Å². The number of fused-ring (bicyclic) bond motifs is 1. The lowest BCUT2D eigenvalue weighted by Gasteiger charge is -1.69. The first-order valence-corrected chi connectivity index (χ1v) is 4.55. The second-order valence-corrected chi connectivity index (χ2v) is 3.26. The van der Waals surface area contributed by atoms with Gasteiger partial charge in [0.1, 0.15) is 0 Å². The maximum absolute atomic E-state index is 5.65. The van der Waals surface area contributed by atoms with Gasteiger partial charge in [0.15, 0.2) is 0 Å². The van der Waals surface area contributed by atoms with Crippen molar-refractivity contribution in [3.8, 4) is 11.1 Å². The van der Waals surface area contributed by atoms with Crippen molar-refractivity contribution in [2.75, 3.05) is 0 Å². The lowest BCUT2D eigenvalue weighted by molar-refractivity contribution is 1.72. The maximum Gasteiger partial charge on any atom is 0.0484 e. The molecule has 13 heavy (non-hydrogen) atoms. The Morgan fingerprint density at radius 2 is 1.31 bits per heavy atom. The molecule has 0 fully saturated rings. The first kappa shape index (κ1) is 8.33. The molecule has 0 nitrogen and oxygen atoms in total. The fourth-order valence-corrected chi connectivity index (χ4v) is 1.33. The molecular formula is C12H9Cl. The molecule has 0 unspecified atom stereocenters. The minimum atomic E-state index is 0.898. The van der Waals surface area contributed by atoms with Gasteiger partial charge in [0.25, 0.3) is 0 Å². The Labute approximate surface area is 82.8 Å². The van der Waals surface area contributed by atoms with E-state index in [1.54, 1.807) is 0 Å². The van der Waals surface area contributed by atoms with E-state index in [9.17, 15) is 0 Å². The molecular weight excluding hydrogens is 180 g/mol. The van der Waals surface area contributed by atoms with Gasteiger partial charge in [-0.05, 0) is 17.7 Å². The molecule has 3 rings (SSSR count). The van der Waals surface area contributed by atoms with E-state index >= 15 is 0 Å². The first-order chi connectivity index (χ1) is 6.38.